The van der Waals surface area contributed by atoms with Crippen LogP contribution in [0.15, 0.2) is 24.4 Å². The van der Waals surface area contributed by atoms with Crippen LogP contribution < -0.4 is 16.4 Å². The number of aromatic nitrogens is 2. The number of aryl methyl sites for hydroxylation is 1. The van der Waals surface area contributed by atoms with Crippen molar-refractivity contribution in [3.8, 4) is 10.6 Å². The Kier molecular flexibility index (Phi) is 7.30. The number of thiophene rings is 1. The van der Waals surface area contributed by atoms with E-state index in [0.717, 1.165) is 43.9 Å². The van der Waals surface area contributed by atoms with Gasteiger partial charge in [0.25, 0.3) is 0 Å². The van der Waals surface area contributed by atoms with Crippen molar-refractivity contribution in [1.29, 1.82) is 0 Å². The minimum Gasteiger partial charge on any atom is -0.351 e. The largest absolute Gasteiger partial charge is 0.351 e. The number of unbranched alkanes of at least 4 members (excludes halogenated alkanes) is 3. The van der Waals surface area contributed by atoms with Gasteiger partial charge in [0, 0.05) is 28.2 Å². The molecule has 5 nitrogen and oxygen atoms in total. The Labute approximate surface area is 179 Å². The minimum absolute atomic E-state index is 0.101. The summed E-state index contributed by atoms with van der Waals surface area (Å²) in [6.07, 6.45) is 9.98. The number of rotatable bonds is 9. The van der Waals surface area contributed by atoms with E-state index in [-0.39, 0.29) is 11.1 Å². The molecule has 2 aromatic rings. The monoisotopic (exact) mass is 415 g/mol. The van der Waals surface area contributed by atoms with E-state index in [9.17, 15) is 0 Å². The van der Waals surface area contributed by atoms with Crippen molar-refractivity contribution in [2.75, 3.05) is 11.9 Å². The summed E-state index contributed by atoms with van der Waals surface area (Å²) in [5.74, 6) is 0.734. The topological polar surface area (TPSA) is 75.9 Å². The third-order valence-electron chi connectivity index (χ3n) is 5.47. The molecule has 29 heavy (non-hydrogen) atoms. The van der Waals surface area contributed by atoms with Crippen molar-refractivity contribution >= 4 is 17.3 Å². The number of piperidine rings is 1. The molecule has 0 atom stereocenters. The van der Waals surface area contributed by atoms with Crippen LogP contribution in [0.3, 0.4) is 0 Å². The fourth-order valence-electron chi connectivity index (χ4n) is 4.62. The average molecular weight is 416 g/mol. The van der Waals surface area contributed by atoms with Crippen molar-refractivity contribution in [2.45, 2.75) is 89.8 Å². The molecular weight excluding hydrogens is 378 g/mol. The van der Waals surface area contributed by atoms with Crippen LogP contribution in [0.5, 0.6) is 0 Å². The highest BCUT2D eigenvalue weighted by Crippen LogP contribution is 2.31. The van der Waals surface area contributed by atoms with E-state index in [1.165, 1.54) is 29.0 Å². The van der Waals surface area contributed by atoms with Crippen LogP contribution in [0.25, 0.3) is 10.6 Å². The second-order valence-corrected chi connectivity index (χ2v) is 10.8. The van der Waals surface area contributed by atoms with Gasteiger partial charge in [0.2, 0.25) is 5.95 Å². The Hall–Kier alpha value is -1.50. The number of anilines is 1. The van der Waals surface area contributed by atoms with Crippen LogP contribution in [0.1, 0.15) is 71.1 Å². The van der Waals surface area contributed by atoms with E-state index in [4.69, 9.17) is 10.7 Å². The zero-order valence-corrected chi connectivity index (χ0v) is 19.2. The van der Waals surface area contributed by atoms with Gasteiger partial charge < -0.3 is 16.4 Å². The van der Waals surface area contributed by atoms with Gasteiger partial charge >= 0.3 is 0 Å². The molecule has 0 aliphatic carbocycles. The van der Waals surface area contributed by atoms with Crippen molar-refractivity contribution in [2.24, 2.45) is 5.73 Å². The molecule has 1 fully saturated rings. The van der Waals surface area contributed by atoms with E-state index in [1.807, 2.05) is 23.6 Å². The molecule has 3 rings (SSSR count). The fraction of sp³-hybridized carbons (Fsp3) is 0.652. The number of hydrogen-bond donors (Lipinski definition) is 3. The maximum absolute atomic E-state index is 5.57. The first-order chi connectivity index (χ1) is 13.8. The minimum atomic E-state index is 0.101. The van der Waals surface area contributed by atoms with Gasteiger partial charge in [-0.2, -0.15) is 0 Å². The molecule has 6 heteroatoms. The van der Waals surface area contributed by atoms with Crippen molar-refractivity contribution in [1.82, 2.24) is 15.3 Å². The zero-order chi connectivity index (χ0) is 20.9. The quantitative estimate of drug-likeness (QED) is 0.503. The highest BCUT2D eigenvalue weighted by Gasteiger charge is 2.37. The van der Waals surface area contributed by atoms with Crippen molar-refractivity contribution in [3.63, 3.8) is 0 Å². The summed E-state index contributed by atoms with van der Waals surface area (Å²) in [4.78, 5) is 12.0. The molecule has 0 amide bonds. The molecular formula is C23H37N5S. The highest BCUT2D eigenvalue weighted by molar-refractivity contribution is 7.15. The molecule has 0 spiro atoms. The van der Waals surface area contributed by atoms with Gasteiger partial charge in [-0.25, -0.2) is 9.97 Å². The Morgan fingerprint density at radius 1 is 1.07 bits per heavy atom. The van der Waals surface area contributed by atoms with E-state index in [0.29, 0.717) is 6.04 Å². The van der Waals surface area contributed by atoms with Crippen LogP contribution >= 0.6 is 11.3 Å². The third kappa shape index (κ3) is 6.76. The molecule has 1 aliphatic rings. The number of nitrogens with two attached hydrogens (primary N) is 1. The lowest BCUT2D eigenvalue weighted by molar-refractivity contribution is 0.170. The van der Waals surface area contributed by atoms with Crippen LogP contribution in [-0.2, 0) is 6.42 Å². The molecule has 0 bridgehead atoms. The lowest BCUT2D eigenvalue weighted by Crippen LogP contribution is -2.60. The Morgan fingerprint density at radius 3 is 2.52 bits per heavy atom. The van der Waals surface area contributed by atoms with Crippen molar-refractivity contribution < 1.29 is 0 Å². The van der Waals surface area contributed by atoms with Gasteiger partial charge in [0.1, 0.15) is 0 Å². The van der Waals surface area contributed by atoms with Crippen LogP contribution in [0, 0.1) is 0 Å². The number of nitrogens with zero attached hydrogens (tertiary/aromatic N) is 2. The smallest absolute Gasteiger partial charge is 0.223 e. The molecule has 160 valence electrons. The SMILES string of the molecule is CC1(C)CC(Nc2nccc(-c3ccc(CCCCCCN)s3)n2)CC(C)(C)N1. The molecule has 2 aromatic heterocycles. The molecule has 1 aliphatic heterocycles. The second-order valence-electron chi connectivity index (χ2n) is 9.63. The van der Waals surface area contributed by atoms with Crippen molar-refractivity contribution in [3.05, 3.63) is 29.3 Å². The number of hydrogen-bond acceptors (Lipinski definition) is 6. The normalized spacial score (nSPS) is 18.7. The van der Waals surface area contributed by atoms with Gasteiger partial charge in [-0.05, 0) is 84.5 Å². The van der Waals surface area contributed by atoms with E-state index in [1.54, 1.807) is 0 Å². The summed E-state index contributed by atoms with van der Waals surface area (Å²) in [5.41, 5.74) is 6.78. The molecule has 1 saturated heterocycles. The van der Waals surface area contributed by atoms with Crippen LogP contribution in [0.2, 0.25) is 0 Å². The second kappa shape index (κ2) is 9.54. The maximum Gasteiger partial charge on any atom is 0.223 e. The summed E-state index contributed by atoms with van der Waals surface area (Å²) in [7, 11) is 0. The summed E-state index contributed by atoms with van der Waals surface area (Å²) in [6, 6.07) is 6.82. The Balaban J connectivity index is 1.61. The number of nitrogens with one attached hydrogen (secondary N) is 2. The Morgan fingerprint density at radius 2 is 1.79 bits per heavy atom. The van der Waals surface area contributed by atoms with Gasteiger partial charge in [-0.3, -0.25) is 0 Å². The van der Waals surface area contributed by atoms with Gasteiger partial charge in [0.15, 0.2) is 0 Å². The van der Waals surface area contributed by atoms with E-state index in [2.05, 4.69) is 55.4 Å². The first kappa shape index (κ1) is 22.2. The predicted octanol–water partition coefficient (Wildman–Crippen LogP) is 4.99. The third-order valence-corrected chi connectivity index (χ3v) is 6.64. The molecule has 0 aromatic carbocycles. The van der Waals surface area contributed by atoms with Crippen LogP contribution in [0.4, 0.5) is 5.95 Å². The van der Waals surface area contributed by atoms with Gasteiger partial charge in [-0.15, -0.1) is 11.3 Å². The molecule has 4 N–H and O–H groups in total. The van der Waals surface area contributed by atoms with E-state index < -0.39 is 0 Å². The molecule has 3 heterocycles. The highest BCUT2D eigenvalue weighted by atomic mass is 32.1. The fourth-order valence-corrected chi connectivity index (χ4v) is 5.64. The lowest BCUT2D eigenvalue weighted by atomic mass is 9.80. The summed E-state index contributed by atoms with van der Waals surface area (Å²) in [6.45, 7) is 9.87. The lowest BCUT2D eigenvalue weighted by Gasteiger charge is -2.46. The van der Waals surface area contributed by atoms with Gasteiger partial charge in [-0.1, -0.05) is 12.8 Å². The van der Waals surface area contributed by atoms with E-state index >= 15 is 0 Å². The summed E-state index contributed by atoms with van der Waals surface area (Å²) < 4.78 is 0. The van der Waals surface area contributed by atoms with Crippen LogP contribution in [-0.4, -0.2) is 33.6 Å². The predicted molar refractivity (Wildman–Crippen MR) is 125 cm³/mol. The zero-order valence-electron chi connectivity index (χ0n) is 18.4. The molecule has 0 unspecified atom stereocenters. The summed E-state index contributed by atoms with van der Waals surface area (Å²) in [5, 5.41) is 7.33. The molecule has 0 radical (unpaired) electrons. The first-order valence-corrected chi connectivity index (χ1v) is 11.8. The standard InChI is InChI=1S/C23H37N5S/c1-22(2)15-17(16-23(3,4)28-22)26-21-25-14-12-19(27-21)20-11-10-18(29-20)9-7-5-6-8-13-24/h10-12,14,17,28H,5-9,13,15-16,24H2,1-4H3,(H,25,26,27). The molecule has 0 saturated carbocycles. The summed E-state index contributed by atoms with van der Waals surface area (Å²) >= 11 is 1.85. The average Bonchev–Trinajstić information content (AvgIpc) is 3.08. The Bertz CT molecular complexity index is 767. The first-order valence-electron chi connectivity index (χ1n) is 10.9. The van der Waals surface area contributed by atoms with Gasteiger partial charge in [0.05, 0.1) is 10.6 Å². The maximum atomic E-state index is 5.57.